The molecule has 0 saturated heterocycles. The Balaban J connectivity index is 2.59. The number of carbonyl (C=O) groups excluding carboxylic acids is 1. The van der Waals surface area contributed by atoms with Crippen LogP contribution >= 0.6 is 0 Å². The summed E-state index contributed by atoms with van der Waals surface area (Å²) >= 11 is 0. The van der Waals surface area contributed by atoms with E-state index in [1.54, 1.807) is 6.07 Å². The van der Waals surface area contributed by atoms with Crippen LogP contribution in [0.3, 0.4) is 0 Å². The Kier molecular flexibility index (Phi) is 3.60. The van der Waals surface area contributed by atoms with Crippen molar-refractivity contribution in [2.75, 3.05) is 11.9 Å². The molecule has 0 aromatic carbocycles. The lowest BCUT2D eigenvalue weighted by molar-refractivity contribution is 0.0994. The number of primary amides is 1. The van der Waals surface area contributed by atoms with Crippen LogP contribution in [0.25, 0.3) is 0 Å². The SMILES string of the molecule is C/C=C/CNc1ccc(C(N)=O)nn1. The average Bonchev–Trinajstić information content (AvgIpc) is 2.19. The molecule has 0 spiro atoms. The largest absolute Gasteiger partial charge is 0.365 e. The summed E-state index contributed by atoms with van der Waals surface area (Å²) < 4.78 is 0. The van der Waals surface area contributed by atoms with Gasteiger partial charge in [0.2, 0.25) is 0 Å². The third kappa shape index (κ3) is 2.85. The van der Waals surface area contributed by atoms with Gasteiger partial charge in [-0.3, -0.25) is 4.79 Å². The summed E-state index contributed by atoms with van der Waals surface area (Å²) in [5.74, 6) is 0.0469. The van der Waals surface area contributed by atoms with Crippen LogP contribution < -0.4 is 11.1 Å². The number of anilines is 1. The van der Waals surface area contributed by atoms with E-state index in [9.17, 15) is 4.79 Å². The molecule has 0 bridgehead atoms. The first-order chi connectivity index (χ1) is 6.74. The van der Waals surface area contributed by atoms with Gasteiger partial charge in [-0.2, -0.15) is 0 Å². The van der Waals surface area contributed by atoms with Crippen molar-refractivity contribution in [1.82, 2.24) is 10.2 Å². The number of rotatable bonds is 4. The third-order valence-electron chi connectivity index (χ3n) is 1.55. The molecule has 0 atom stereocenters. The molecule has 5 heteroatoms. The fourth-order valence-corrected chi connectivity index (χ4v) is 0.839. The monoisotopic (exact) mass is 192 g/mol. The maximum atomic E-state index is 10.7. The van der Waals surface area contributed by atoms with Crippen LogP contribution in [0.15, 0.2) is 24.3 Å². The molecule has 0 fully saturated rings. The van der Waals surface area contributed by atoms with Gasteiger partial charge in [0.1, 0.15) is 5.82 Å². The Morgan fingerprint density at radius 3 is 2.86 bits per heavy atom. The Hall–Kier alpha value is -1.91. The lowest BCUT2D eigenvalue weighted by Crippen LogP contribution is -2.14. The number of allylic oxidation sites excluding steroid dienone is 1. The highest BCUT2D eigenvalue weighted by Crippen LogP contribution is 2.00. The van der Waals surface area contributed by atoms with Crippen molar-refractivity contribution in [1.29, 1.82) is 0 Å². The molecular weight excluding hydrogens is 180 g/mol. The second kappa shape index (κ2) is 4.96. The molecule has 5 nitrogen and oxygen atoms in total. The molecule has 0 aliphatic heterocycles. The highest BCUT2D eigenvalue weighted by Gasteiger charge is 2.01. The Morgan fingerprint density at radius 2 is 2.36 bits per heavy atom. The number of carbonyl (C=O) groups is 1. The molecule has 1 amide bonds. The van der Waals surface area contributed by atoms with Crippen LogP contribution in [0.2, 0.25) is 0 Å². The fourth-order valence-electron chi connectivity index (χ4n) is 0.839. The van der Waals surface area contributed by atoms with Gasteiger partial charge >= 0.3 is 0 Å². The van der Waals surface area contributed by atoms with Gasteiger partial charge in [0.05, 0.1) is 0 Å². The predicted molar refractivity (Wildman–Crippen MR) is 53.9 cm³/mol. The van der Waals surface area contributed by atoms with Crippen molar-refractivity contribution in [3.05, 3.63) is 30.0 Å². The van der Waals surface area contributed by atoms with Crippen molar-refractivity contribution in [3.8, 4) is 0 Å². The van der Waals surface area contributed by atoms with Gasteiger partial charge < -0.3 is 11.1 Å². The van der Waals surface area contributed by atoms with E-state index in [1.807, 2.05) is 19.1 Å². The number of nitrogens with one attached hydrogen (secondary N) is 1. The van der Waals surface area contributed by atoms with Crippen molar-refractivity contribution in [3.63, 3.8) is 0 Å². The number of nitrogens with zero attached hydrogens (tertiary/aromatic N) is 2. The van der Waals surface area contributed by atoms with Gasteiger partial charge in [-0.15, -0.1) is 10.2 Å². The first-order valence-corrected chi connectivity index (χ1v) is 4.22. The molecule has 0 unspecified atom stereocenters. The van der Waals surface area contributed by atoms with Crippen LogP contribution in [-0.4, -0.2) is 22.6 Å². The summed E-state index contributed by atoms with van der Waals surface area (Å²) in [6.07, 6.45) is 3.88. The van der Waals surface area contributed by atoms with Crippen molar-refractivity contribution in [2.24, 2.45) is 5.73 Å². The van der Waals surface area contributed by atoms with E-state index in [1.165, 1.54) is 6.07 Å². The summed E-state index contributed by atoms with van der Waals surface area (Å²) in [7, 11) is 0. The molecular formula is C9H12N4O. The molecule has 0 aliphatic carbocycles. The topological polar surface area (TPSA) is 80.9 Å². The molecule has 74 valence electrons. The van der Waals surface area contributed by atoms with E-state index in [0.717, 1.165) is 0 Å². The van der Waals surface area contributed by atoms with E-state index in [4.69, 9.17) is 5.73 Å². The molecule has 1 heterocycles. The van der Waals surface area contributed by atoms with Crippen molar-refractivity contribution >= 4 is 11.7 Å². The summed E-state index contributed by atoms with van der Waals surface area (Å²) in [6.45, 7) is 2.62. The molecule has 0 aliphatic rings. The van der Waals surface area contributed by atoms with E-state index in [0.29, 0.717) is 12.4 Å². The zero-order valence-corrected chi connectivity index (χ0v) is 7.90. The van der Waals surface area contributed by atoms with Gasteiger partial charge in [-0.1, -0.05) is 12.2 Å². The van der Waals surface area contributed by atoms with Gasteiger partial charge in [0.15, 0.2) is 5.69 Å². The number of amides is 1. The lowest BCUT2D eigenvalue weighted by atomic mass is 10.4. The first-order valence-electron chi connectivity index (χ1n) is 4.22. The zero-order chi connectivity index (χ0) is 10.4. The summed E-state index contributed by atoms with van der Waals surface area (Å²) in [4.78, 5) is 10.7. The van der Waals surface area contributed by atoms with Crippen molar-refractivity contribution < 1.29 is 4.79 Å². The van der Waals surface area contributed by atoms with Crippen LogP contribution in [0, 0.1) is 0 Å². The minimum Gasteiger partial charge on any atom is -0.365 e. The van der Waals surface area contributed by atoms with Crippen LogP contribution in [0.5, 0.6) is 0 Å². The van der Waals surface area contributed by atoms with E-state index < -0.39 is 5.91 Å². The Bertz CT molecular complexity index is 331. The molecule has 1 aromatic rings. The van der Waals surface area contributed by atoms with E-state index in [-0.39, 0.29) is 5.69 Å². The Labute approximate surface area is 82.0 Å². The highest BCUT2D eigenvalue weighted by molar-refractivity contribution is 5.90. The normalized spacial score (nSPS) is 10.4. The summed E-state index contributed by atoms with van der Waals surface area (Å²) in [5, 5.41) is 10.4. The van der Waals surface area contributed by atoms with Crippen LogP contribution in [0.1, 0.15) is 17.4 Å². The summed E-state index contributed by atoms with van der Waals surface area (Å²) in [5.41, 5.74) is 5.18. The third-order valence-corrected chi connectivity index (χ3v) is 1.55. The zero-order valence-electron chi connectivity index (χ0n) is 7.90. The van der Waals surface area contributed by atoms with Gasteiger partial charge in [0.25, 0.3) is 5.91 Å². The molecule has 0 radical (unpaired) electrons. The molecule has 0 saturated carbocycles. The van der Waals surface area contributed by atoms with E-state index >= 15 is 0 Å². The lowest BCUT2D eigenvalue weighted by Gasteiger charge is -2.00. The minimum atomic E-state index is -0.572. The number of hydrogen-bond acceptors (Lipinski definition) is 4. The molecule has 1 aromatic heterocycles. The predicted octanol–water partition coefficient (Wildman–Crippen LogP) is 0.564. The highest BCUT2D eigenvalue weighted by atomic mass is 16.1. The standard InChI is InChI=1S/C9H12N4O/c1-2-3-6-11-8-5-4-7(9(10)14)12-13-8/h2-5H,6H2,1H3,(H2,10,14)(H,11,13)/b3-2+. The van der Waals surface area contributed by atoms with Gasteiger partial charge in [-0.05, 0) is 19.1 Å². The minimum absolute atomic E-state index is 0.168. The van der Waals surface area contributed by atoms with Crippen molar-refractivity contribution in [2.45, 2.75) is 6.92 Å². The second-order valence-electron chi connectivity index (χ2n) is 2.62. The number of hydrogen-bond donors (Lipinski definition) is 2. The van der Waals surface area contributed by atoms with Crippen LogP contribution in [0.4, 0.5) is 5.82 Å². The van der Waals surface area contributed by atoms with Gasteiger partial charge in [-0.25, -0.2) is 0 Å². The van der Waals surface area contributed by atoms with E-state index in [2.05, 4.69) is 15.5 Å². The maximum absolute atomic E-state index is 10.7. The number of nitrogens with two attached hydrogens (primary N) is 1. The molecule has 14 heavy (non-hydrogen) atoms. The second-order valence-corrected chi connectivity index (χ2v) is 2.62. The number of aromatic nitrogens is 2. The summed E-state index contributed by atoms with van der Waals surface area (Å²) in [6, 6.07) is 3.20. The van der Waals surface area contributed by atoms with Gasteiger partial charge in [0, 0.05) is 6.54 Å². The molecule has 1 rings (SSSR count). The maximum Gasteiger partial charge on any atom is 0.269 e. The quantitative estimate of drug-likeness (QED) is 0.683. The average molecular weight is 192 g/mol. The first kappa shape index (κ1) is 10.2. The fraction of sp³-hybridized carbons (Fsp3) is 0.222. The smallest absolute Gasteiger partial charge is 0.269 e. The molecule has 3 N–H and O–H groups in total. The van der Waals surface area contributed by atoms with Crippen LogP contribution in [-0.2, 0) is 0 Å². The Morgan fingerprint density at radius 1 is 1.57 bits per heavy atom.